The monoisotopic (exact) mass is 471 g/mol. The van der Waals surface area contributed by atoms with Gasteiger partial charge in [0.2, 0.25) is 5.91 Å². The smallest absolute Gasteiger partial charge is 0.260 e. The minimum atomic E-state index is -0.382. The Morgan fingerprint density at radius 3 is 2.32 bits per heavy atom. The van der Waals surface area contributed by atoms with Crippen LogP contribution in [0.3, 0.4) is 0 Å². The number of nitrogens with zero attached hydrogens (tertiary/aromatic N) is 3. The maximum atomic E-state index is 13.1. The molecule has 4 amide bonds. The van der Waals surface area contributed by atoms with Gasteiger partial charge in [0.05, 0.1) is 0 Å². The van der Waals surface area contributed by atoms with Gasteiger partial charge < -0.3 is 19.3 Å². The van der Waals surface area contributed by atoms with Crippen LogP contribution < -0.4 is 4.74 Å². The lowest BCUT2D eigenvalue weighted by molar-refractivity contribution is -0.159. The number of likely N-dealkylation sites (tertiary alicyclic amines) is 2. The number of rotatable bonds is 7. The van der Waals surface area contributed by atoms with Gasteiger partial charge in [-0.1, -0.05) is 18.2 Å². The summed E-state index contributed by atoms with van der Waals surface area (Å²) < 4.78 is 10.5. The molecule has 0 bridgehead atoms. The third-order valence-corrected chi connectivity index (χ3v) is 7.01. The zero-order valence-corrected chi connectivity index (χ0v) is 19.5. The van der Waals surface area contributed by atoms with Gasteiger partial charge in [-0.2, -0.15) is 0 Å². The Morgan fingerprint density at radius 1 is 0.912 bits per heavy atom. The van der Waals surface area contributed by atoms with Crippen molar-refractivity contribution in [1.82, 2.24) is 14.7 Å². The van der Waals surface area contributed by atoms with Crippen LogP contribution in [0.5, 0.6) is 5.75 Å². The van der Waals surface area contributed by atoms with Crippen molar-refractivity contribution in [2.45, 2.75) is 44.6 Å². The average molecular weight is 472 g/mol. The minimum absolute atomic E-state index is 0.00782. The number of carbonyl (C=O) groups is 4. The van der Waals surface area contributed by atoms with E-state index in [9.17, 15) is 19.2 Å². The predicted molar refractivity (Wildman–Crippen MR) is 123 cm³/mol. The molecule has 0 N–H and O–H groups in total. The predicted octanol–water partition coefficient (Wildman–Crippen LogP) is 1.46. The van der Waals surface area contributed by atoms with Crippen LogP contribution >= 0.6 is 0 Å². The number of carbonyl (C=O) groups excluding carboxylic acids is 4. The van der Waals surface area contributed by atoms with Crippen molar-refractivity contribution in [3.8, 4) is 5.75 Å². The fraction of sp³-hybridized carbons (Fsp3) is 0.600. The number of ether oxygens (including phenoxy) is 2. The molecule has 0 aliphatic carbocycles. The van der Waals surface area contributed by atoms with Gasteiger partial charge in [-0.3, -0.25) is 24.1 Å². The second kappa shape index (κ2) is 11.5. The van der Waals surface area contributed by atoms with Crippen molar-refractivity contribution in [3.63, 3.8) is 0 Å². The first kappa shape index (κ1) is 24.2. The Labute approximate surface area is 200 Å². The average Bonchev–Trinajstić information content (AvgIpc) is 2.87. The normalized spacial score (nSPS) is 22.1. The summed E-state index contributed by atoms with van der Waals surface area (Å²) in [6.45, 7) is 1.95. The summed E-state index contributed by atoms with van der Waals surface area (Å²) in [5.74, 6) is 0.239. The van der Waals surface area contributed by atoms with Gasteiger partial charge in [0.15, 0.2) is 6.61 Å². The number of hydrogen-bond donors (Lipinski definition) is 0. The zero-order valence-electron chi connectivity index (χ0n) is 19.5. The van der Waals surface area contributed by atoms with Gasteiger partial charge in [0.25, 0.3) is 17.7 Å². The highest BCUT2D eigenvalue weighted by atomic mass is 16.5. The molecule has 0 spiro atoms. The quantitative estimate of drug-likeness (QED) is 0.559. The van der Waals surface area contributed by atoms with E-state index in [1.54, 1.807) is 0 Å². The molecule has 1 unspecified atom stereocenters. The molecule has 3 aliphatic rings. The van der Waals surface area contributed by atoms with E-state index < -0.39 is 0 Å². The van der Waals surface area contributed by atoms with Gasteiger partial charge >= 0.3 is 0 Å². The Kier molecular flexibility index (Phi) is 8.16. The molecule has 9 heteroatoms. The van der Waals surface area contributed by atoms with Crippen LogP contribution in [0.25, 0.3) is 0 Å². The van der Waals surface area contributed by atoms with Gasteiger partial charge in [0.1, 0.15) is 19.0 Å². The van der Waals surface area contributed by atoms with Crippen LogP contribution in [0.1, 0.15) is 38.5 Å². The molecule has 3 fully saturated rings. The highest BCUT2D eigenvalue weighted by molar-refractivity contribution is 5.98. The second-order valence-electron chi connectivity index (χ2n) is 9.15. The summed E-state index contributed by atoms with van der Waals surface area (Å²) in [5, 5.41) is 0. The molecule has 3 saturated heterocycles. The summed E-state index contributed by atoms with van der Waals surface area (Å²) in [6.07, 6.45) is 4.85. The van der Waals surface area contributed by atoms with E-state index in [1.807, 2.05) is 40.1 Å². The summed E-state index contributed by atoms with van der Waals surface area (Å²) in [7, 11) is 0. The minimum Gasteiger partial charge on any atom is -0.484 e. The molecule has 0 saturated carbocycles. The first-order valence-corrected chi connectivity index (χ1v) is 12.2. The largest absolute Gasteiger partial charge is 0.484 e. The van der Waals surface area contributed by atoms with Crippen molar-refractivity contribution in [2.75, 3.05) is 46.0 Å². The molecule has 1 aromatic rings. The number of piperidine rings is 2. The lowest BCUT2D eigenvalue weighted by atomic mass is 9.83. The number of benzene rings is 1. The molecule has 0 aromatic heterocycles. The van der Waals surface area contributed by atoms with Crippen LogP contribution in [0.2, 0.25) is 0 Å². The molecule has 34 heavy (non-hydrogen) atoms. The molecule has 9 nitrogen and oxygen atoms in total. The van der Waals surface area contributed by atoms with Crippen LogP contribution in [0, 0.1) is 5.92 Å². The fourth-order valence-corrected chi connectivity index (χ4v) is 5.16. The lowest BCUT2D eigenvalue weighted by Gasteiger charge is -2.44. The van der Waals surface area contributed by atoms with Crippen molar-refractivity contribution in [1.29, 1.82) is 0 Å². The van der Waals surface area contributed by atoms with Crippen LogP contribution in [0.4, 0.5) is 0 Å². The highest BCUT2D eigenvalue weighted by Gasteiger charge is 2.36. The Hall–Kier alpha value is -2.94. The van der Waals surface area contributed by atoms with E-state index in [0.717, 1.165) is 37.0 Å². The number of amides is 4. The van der Waals surface area contributed by atoms with Gasteiger partial charge in [-0.15, -0.1) is 0 Å². The molecule has 0 radical (unpaired) electrons. The first-order chi connectivity index (χ1) is 16.5. The van der Waals surface area contributed by atoms with E-state index in [1.165, 1.54) is 0 Å². The van der Waals surface area contributed by atoms with Crippen LogP contribution in [-0.2, 0) is 23.9 Å². The van der Waals surface area contributed by atoms with Crippen molar-refractivity contribution < 1.29 is 28.7 Å². The first-order valence-electron chi connectivity index (χ1n) is 12.2. The molecule has 3 heterocycles. The molecule has 1 atom stereocenters. The van der Waals surface area contributed by atoms with Gasteiger partial charge in [0, 0.05) is 38.6 Å². The Morgan fingerprint density at radius 2 is 1.62 bits per heavy atom. The van der Waals surface area contributed by atoms with E-state index in [0.29, 0.717) is 31.3 Å². The van der Waals surface area contributed by atoms with E-state index in [2.05, 4.69) is 0 Å². The van der Waals surface area contributed by atoms with E-state index in [4.69, 9.17) is 9.47 Å². The topological polar surface area (TPSA) is 96.5 Å². The lowest BCUT2D eigenvalue weighted by Crippen LogP contribution is -2.52. The maximum Gasteiger partial charge on any atom is 0.260 e. The van der Waals surface area contributed by atoms with Crippen molar-refractivity contribution >= 4 is 23.6 Å². The molecule has 3 aliphatic heterocycles. The molecule has 4 rings (SSSR count). The number of hydrogen-bond acceptors (Lipinski definition) is 6. The molecular formula is C25H33N3O6. The van der Waals surface area contributed by atoms with Crippen LogP contribution in [0.15, 0.2) is 30.3 Å². The highest BCUT2D eigenvalue weighted by Crippen LogP contribution is 2.31. The van der Waals surface area contributed by atoms with Gasteiger partial charge in [-0.25, -0.2) is 0 Å². The van der Waals surface area contributed by atoms with Crippen LogP contribution in [-0.4, -0.2) is 90.4 Å². The zero-order chi connectivity index (χ0) is 23.9. The summed E-state index contributed by atoms with van der Waals surface area (Å²) in [5.41, 5.74) is 0. The maximum absolute atomic E-state index is 13.1. The second-order valence-corrected chi connectivity index (χ2v) is 9.15. The number of imide groups is 1. The molecule has 184 valence electrons. The standard InChI is InChI=1S/C25H33N3O6/c29-22(11-15-28-24(31)16-33-17-25(28)32)27-12-5-4-8-21(27)19-9-13-26(14-10-19)23(30)18-34-20-6-2-1-3-7-20/h1-3,6-7,19,21H,4-5,8-18H2. The third kappa shape index (κ3) is 5.94. The third-order valence-electron chi connectivity index (χ3n) is 7.01. The fourth-order valence-electron chi connectivity index (χ4n) is 5.16. The SMILES string of the molecule is O=C(COc1ccccc1)N1CCC(C2CCCCN2C(=O)CCN2C(=O)COCC2=O)CC1. The molecular weight excluding hydrogens is 438 g/mol. The Bertz CT molecular complexity index is 868. The summed E-state index contributed by atoms with van der Waals surface area (Å²) >= 11 is 0. The molecule has 1 aromatic carbocycles. The summed E-state index contributed by atoms with van der Waals surface area (Å²) in [4.78, 5) is 54.5. The number of morpholine rings is 1. The van der Waals surface area contributed by atoms with Crippen molar-refractivity contribution in [3.05, 3.63) is 30.3 Å². The van der Waals surface area contributed by atoms with E-state index in [-0.39, 0.29) is 62.5 Å². The van der Waals surface area contributed by atoms with E-state index >= 15 is 0 Å². The van der Waals surface area contributed by atoms with Gasteiger partial charge in [-0.05, 0) is 50.2 Å². The van der Waals surface area contributed by atoms with Crippen molar-refractivity contribution in [2.24, 2.45) is 5.92 Å². The Balaban J connectivity index is 1.26. The number of para-hydroxylation sites is 1. The summed E-state index contributed by atoms with van der Waals surface area (Å²) in [6, 6.07) is 9.46.